The van der Waals surface area contributed by atoms with E-state index >= 15 is 0 Å². The molecular formula is C9H12ClNOS. The van der Waals surface area contributed by atoms with Crippen LogP contribution in [0.15, 0.2) is 16.8 Å². The Morgan fingerprint density at radius 3 is 3.08 bits per heavy atom. The summed E-state index contributed by atoms with van der Waals surface area (Å²) in [4.78, 5) is 11.0. The molecule has 0 saturated heterocycles. The van der Waals surface area contributed by atoms with E-state index in [1.165, 1.54) is 5.56 Å². The van der Waals surface area contributed by atoms with Crippen molar-refractivity contribution in [2.24, 2.45) is 0 Å². The SMILES string of the molecule is CC(Cl)C(=O)NCCc1ccsc1. The van der Waals surface area contributed by atoms with Crippen LogP contribution in [0.4, 0.5) is 0 Å². The van der Waals surface area contributed by atoms with E-state index in [4.69, 9.17) is 11.6 Å². The minimum absolute atomic E-state index is 0.100. The molecular weight excluding hydrogens is 206 g/mol. The van der Waals surface area contributed by atoms with Crippen LogP contribution in [0.5, 0.6) is 0 Å². The lowest BCUT2D eigenvalue weighted by atomic mass is 10.2. The topological polar surface area (TPSA) is 29.1 Å². The molecule has 0 saturated carbocycles. The van der Waals surface area contributed by atoms with Gasteiger partial charge in [0.15, 0.2) is 0 Å². The molecule has 13 heavy (non-hydrogen) atoms. The van der Waals surface area contributed by atoms with Crippen LogP contribution >= 0.6 is 22.9 Å². The Balaban J connectivity index is 2.18. The van der Waals surface area contributed by atoms with Gasteiger partial charge in [-0.3, -0.25) is 4.79 Å². The smallest absolute Gasteiger partial charge is 0.237 e. The third-order valence-corrected chi connectivity index (χ3v) is 2.58. The van der Waals surface area contributed by atoms with Crippen LogP contribution < -0.4 is 5.32 Å². The zero-order valence-corrected chi connectivity index (χ0v) is 8.99. The average Bonchev–Trinajstić information content (AvgIpc) is 2.56. The summed E-state index contributed by atoms with van der Waals surface area (Å²) in [7, 11) is 0. The fourth-order valence-electron chi connectivity index (χ4n) is 0.906. The van der Waals surface area contributed by atoms with Crippen molar-refractivity contribution in [1.29, 1.82) is 0 Å². The van der Waals surface area contributed by atoms with Gasteiger partial charge < -0.3 is 5.32 Å². The number of carbonyl (C=O) groups is 1. The number of hydrogen-bond acceptors (Lipinski definition) is 2. The van der Waals surface area contributed by atoms with Crippen LogP contribution in [-0.2, 0) is 11.2 Å². The second-order valence-electron chi connectivity index (χ2n) is 2.79. The van der Waals surface area contributed by atoms with Gasteiger partial charge in [-0.2, -0.15) is 11.3 Å². The van der Waals surface area contributed by atoms with Crippen molar-refractivity contribution >= 4 is 28.8 Å². The van der Waals surface area contributed by atoms with Gasteiger partial charge in [-0.1, -0.05) is 0 Å². The van der Waals surface area contributed by atoms with Crippen LogP contribution in [0.25, 0.3) is 0 Å². The Kier molecular flexibility index (Phi) is 4.25. The van der Waals surface area contributed by atoms with E-state index in [9.17, 15) is 4.79 Å². The maximum Gasteiger partial charge on any atom is 0.237 e. The first-order chi connectivity index (χ1) is 6.20. The number of nitrogens with one attached hydrogen (secondary N) is 1. The van der Waals surface area contributed by atoms with Crippen LogP contribution in [0.3, 0.4) is 0 Å². The summed E-state index contributed by atoms with van der Waals surface area (Å²) >= 11 is 7.24. The first-order valence-corrected chi connectivity index (χ1v) is 5.51. The highest BCUT2D eigenvalue weighted by atomic mass is 35.5. The lowest BCUT2D eigenvalue weighted by molar-refractivity contribution is -0.120. The van der Waals surface area contributed by atoms with Gasteiger partial charge in [0.05, 0.1) is 0 Å². The number of amides is 1. The molecule has 72 valence electrons. The average molecular weight is 218 g/mol. The Bertz CT molecular complexity index is 259. The highest BCUT2D eigenvalue weighted by Gasteiger charge is 2.06. The maximum atomic E-state index is 11.0. The molecule has 1 unspecified atom stereocenters. The summed E-state index contributed by atoms with van der Waals surface area (Å²) in [5.74, 6) is -0.100. The predicted molar refractivity (Wildman–Crippen MR) is 56.3 cm³/mol. The van der Waals surface area contributed by atoms with E-state index in [0.29, 0.717) is 6.54 Å². The van der Waals surface area contributed by atoms with Crippen molar-refractivity contribution in [3.63, 3.8) is 0 Å². The number of alkyl halides is 1. The molecule has 1 rings (SSSR count). The molecule has 0 aliphatic carbocycles. The zero-order chi connectivity index (χ0) is 9.68. The number of hydrogen-bond donors (Lipinski definition) is 1. The third kappa shape index (κ3) is 3.79. The second kappa shape index (κ2) is 5.25. The quantitative estimate of drug-likeness (QED) is 0.769. The molecule has 1 N–H and O–H groups in total. The predicted octanol–water partition coefficient (Wildman–Crippen LogP) is 2.03. The van der Waals surface area contributed by atoms with Crippen molar-refractivity contribution in [2.75, 3.05) is 6.54 Å². The van der Waals surface area contributed by atoms with Crippen molar-refractivity contribution in [1.82, 2.24) is 5.32 Å². The molecule has 4 heteroatoms. The van der Waals surface area contributed by atoms with Gasteiger partial charge in [0, 0.05) is 6.54 Å². The van der Waals surface area contributed by atoms with Crippen molar-refractivity contribution < 1.29 is 4.79 Å². The summed E-state index contributed by atoms with van der Waals surface area (Å²) in [5, 5.41) is 6.42. The largest absolute Gasteiger partial charge is 0.354 e. The molecule has 0 radical (unpaired) electrons. The van der Waals surface area contributed by atoms with Crippen LogP contribution in [-0.4, -0.2) is 17.8 Å². The van der Waals surface area contributed by atoms with Crippen molar-refractivity contribution in [3.05, 3.63) is 22.4 Å². The molecule has 0 fully saturated rings. The van der Waals surface area contributed by atoms with E-state index in [0.717, 1.165) is 6.42 Å². The zero-order valence-electron chi connectivity index (χ0n) is 7.42. The van der Waals surface area contributed by atoms with Crippen LogP contribution in [0.1, 0.15) is 12.5 Å². The minimum Gasteiger partial charge on any atom is -0.354 e. The fourth-order valence-corrected chi connectivity index (χ4v) is 1.69. The van der Waals surface area contributed by atoms with Gasteiger partial charge in [-0.25, -0.2) is 0 Å². The number of thiophene rings is 1. The Hall–Kier alpha value is -0.540. The molecule has 0 aliphatic heterocycles. The maximum absolute atomic E-state index is 11.0. The number of carbonyl (C=O) groups excluding carboxylic acids is 1. The van der Waals surface area contributed by atoms with Gasteiger partial charge in [-0.05, 0) is 35.7 Å². The highest BCUT2D eigenvalue weighted by Crippen LogP contribution is 2.05. The first kappa shape index (κ1) is 10.5. The van der Waals surface area contributed by atoms with Crippen molar-refractivity contribution in [3.8, 4) is 0 Å². The Labute approximate surface area is 86.9 Å². The van der Waals surface area contributed by atoms with E-state index in [1.807, 2.05) is 5.38 Å². The lowest BCUT2D eigenvalue weighted by Crippen LogP contribution is -2.31. The minimum atomic E-state index is -0.442. The number of rotatable bonds is 4. The summed E-state index contributed by atoms with van der Waals surface area (Å²) in [5.41, 5.74) is 1.26. The van der Waals surface area contributed by atoms with Gasteiger partial charge in [0.2, 0.25) is 5.91 Å². The molecule has 2 nitrogen and oxygen atoms in total. The summed E-state index contributed by atoms with van der Waals surface area (Å²) in [6, 6.07) is 2.06. The van der Waals surface area contributed by atoms with Gasteiger partial charge >= 0.3 is 0 Å². The van der Waals surface area contributed by atoms with Gasteiger partial charge in [0.25, 0.3) is 0 Å². The van der Waals surface area contributed by atoms with Crippen molar-refractivity contribution in [2.45, 2.75) is 18.7 Å². The van der Waals surface area contributed by atoms with Gasteiger partial charge in [-0.15, -0.1) is 11.6 Å². The summed E-state index contributed by atoms with van der Waals surface area (Å²) in [6.07, 6.45) is 0.874. The Morgan fingerprint density at radius 2 is 2.54 bits per heavy atom. The molecule has 0 spiro atoms. The molecule has 1 atom stereocenters. The molecule has 1 aromatic heterocycles. The molecule has 0 aliphatic rings. The van der Waals surface area contributed by atoms with Crippen LogP contribution in [0.2, 0.25) is 0 Å². The Morgan fingerprint density at radius 1 is 1.77 bits per heavy atom. The monoisotopic (exact) mass is 217 g/mol. The van der Waals surface area contributed by atoms with Gasteiger partial charge in [0.1, 0.15) is 5.38 Å². The third-order valence-electron chi connectivity index (χ3n) is 1.65. The van der Waals surface area contributed by atoms with E-state index in [2.05, 4.69) is 16.8 Å². The first-order valence-electron chi connectivity index (χ1n) is 4.13. The van der Waals surface area contributed by atoms with E-state index in [-0.39, 0.29) is 5.91 Å². The summed E-state index contributed by atoms with van der Waals surface area (Å²) < 4.78 is 0. The fraction of sp³-hybridized carbons (Fsp3) is 0.444. The summed E-state index contributed by atoms with van der Waals surface area (Å²) in [6.45, 7) is 2.33. The van der Waals surface area contributed by atoms with E-state index < -0.39 is 5.38 Å². The van der Waals surface area contributed by atoms with E-state index in [1.54, 1.807) is 18.3 Å². The van der Waals surface area contributed by atoms with Crippen LogP contribution in [0, 0.1) is 0 Å². The standard InChI is InChI=1S/C9H12ClNOS/c1-7(10)9(12)11-4-2-8-3-5-13-6-8/h3,5-7H,2,4H2,1H3,(H,11,12). The molecule has 1 amide bonds. The normalized spacial score (nSPS) is 12.5. The molecule has 0 aromatic carbocycles. The lowest BCUT2D eigenvalue weighted by Gasteiger charge is -2.04. The second-order valence-corrected chi connectivity index (χ2v) is 4.22. The molecule has 1 heterocycles. The molecule has 0 bridgehead atoms. The highest BCUT2D eigenvalue weighted by molar-refractivity contribution is 7.07. The molecule has 1 aromatic rings. The number of halogens is 1.